The fourth-order valence-corrected chi connectivity index (χ4v) is 2.12. The summed E-state index contributed by atoms with van der Waals surface area (Å²) in [5.41, 5.74) is 0.709. The van der Waals surface area contributed by atoms with Gasteiger partial charge in [0.2, 0.25) is 0 Å². The summed E-state index contributed by atoms with van der Waals surface area (Å²) in [6.45, 7) is 1.54. The molecule has 2 N–H and O–H groups in total. The average Bonchev–Trinajstić information content (AvgIpc) is 2.60. The van der Waals surface area contributed by atoms with E-state index in [2.05, 4.69) is 10.6 Å². The van der Waals surface area contributed by atoms with Crippen molar-refractivity contribution in [1.29, 1.82) is 0 Å². The molecule has 2 amide bonds. The number of hydrogen-bond donors (Lipinski definition) is 2. The van der Waals surface area contributed by atoms with Gasteiger partial charge in [-0.3, -0.25) is 9.59 Å². The van der Waals surface area contributed by atoms with Crippen molar-refractivity contribution in [1.82, 2.24) is 5.32 Å². The second-order valence-electron chi connectivity index (χ2n) is 5.20. The summed E-state index contributed by atoms with van der Waals surface area (Å²) >= 11 is 0. The van der Waals surface area contributed by atoms with Crippen molar-refractivity contribution in [3.63, 3.8) is 0 Å². The van der Waals surface area contributed by atoms with E-state index in [-0.39, 0.29) is 11.7 Å². The van der Waals surface area contributed by atoms with Crippen LogP contribution in [0.15, 0.2) is 42.5 Å². The Labute approximate surface area is 144 Å². The zero-order chi connectivity index (χ0) is 18.4. The first-order valence-corrected chi connectivity index (χ1v) is 7.57. The molecule has 1 unspecified atom stereocenters. The van der Waals surface area contributed by atoms with Crippen LogP contribution in [0.5, 0.6) is 11.5 Å². The van der Waals surface area contributed by atoms with Crippen LogP contribution in [0.1, 0.15) is 17.3 Å². The molecule has 0 radical (unpaired) electrons. The standard InChI is InChI=1S/C18H19FN2O4/c1-11(25-14-6-4-5-13(19)10-14)17(22)21-15-9-12(18(23)20-2)7-8-16(15)24-3/h4-11H,1-3H3,(H,20,23)(H,21,22). The maximum absolute atomic E-state index is 13.2. The van der Waals surface area contributed by atoms with Gasteiger partial charge in [0.25, 0.3) is 11.8 Å². The van der Waals surface area contributed by atoms with Crippen LogP contribution in [0, 0.1) is 5.82 Å². The topological polar surface area (TPSA) is 76.7 Å². The van der Waals surface area contributed by atoms with E-state index in [0.29, 0.717) is 17.0 Å². The maximum atomic E-state index is 13.2. The SMILES string of the molecule is CNC(=O)c1ccc(OC)c(NC(=O)C(C)Oc2cccc(F)c2)c1. The number of methoxy groups -OCH3 is 1. The molecule has 1 atom stereocenters. The monoisotopic (exact) mass is 346 g/mol. The van der Waals surface area contributed by atoms with Crippen LogP contribution in [0.3, 0.4) is 0 Å². The van der Waals surface area contributed by atoms with Gasteiger partial charge in [0.05, 0.1) is 12.8 Å². The number of carbonyl (C=O) groups excluding carboxylic acids is 2. The third-order valence-electron chi connectivity index (χ3n) is 3.42. The Bertz CT molecular complexity index is 779. The molecule has 7 heteroatoms. The van der Waals surface area contributed by atoms with Gasteiger partial charge in [-0.05, 0) is 37.3 Å². The molecular weight excluding hydrogens is 327 g/mol. The minimum absolute atomic E-state index is 0.244. The number of amides is 2. The van der Waals surface area contributed by atoms with Gasteiger partial charge in [-0.2, -0.15) is 0 Å². The molecule has 2 rings (SSSR count). The molecule has 25 heavy (non-hydrogen) atoms. The molecular formula is C18H19FN2O4. The number of hydrogen-bond acceptors (Lipinski definition) is 4. The average molecular weight is 346 g/mol. The van der Waals surface area contributed by atoms with Crippen molar-refractivity contribution < 1.29 is 23.5 Å². The van der Waals surface area contributed by atoms with Crippen molar-refractivity contribution in [2.45, 2.75) is 13.0 Å². The Morgan fingerprint density at radius 1 is 1.16 bits per heavy atom. The molecule has 2 aromatic carbocycles. The minimum Gasteiger partial charge on any atom is -0.495 e. The Morgan fingerprint density at radius 3 is 2.56 bits per heavy atom. The van der Waals surface area contributed by atoms with E-state index in [1.807, 2.05) is 0 Å². The third-order valence-corrected chi connectivity index (χ3v) is 3.42. The third kappa shape index (κ3) is 4.69. The van der Waals surface area contributed by atoms with Crippen LogP contribution < -0.4 is 20.1 Å². The Balaban J connectivity index is 2.14. The van der Waals surface area contributed by atoms with E-state index < -0.39 is 17.8 Å². The van der Waals surface area contributed by atoms with Crippen LogP contribution in [-0.4, -0.2) is 32.1 Å². The summed E-state index contributed by atoms with van der Waals surface area (Å²) < 4.78 is 23.8. The van der Waals surface area contributed by atoms with Gasteiger partial charge in [-0.25, -0.2) is 4.39 Å². The molecule has 132 valence electrons. The molecule has 6 nitrogen and oxygen atoms in total. The van der Waals surface area contributed by atoms with Gasteiger partial charge in [-0.1, -0.05) is 6.07 Å². The molecule has 0 aliphatic rings. The predicted molar refractivity (Wildman–Crippen MR) is 91.5 cm³/mol. The van der Waals surface area contributed by atoms with Crippen LogP contribution in [-0.2, 0) is 4.79 Å². The first-order valence-electron chi connectivity index (χ1n) is 7.57. The summed E-state index contributed by atoms with van der Waals surface area (Å²) in [6.07, 6.45) is -0.879. The number of anilines is 1. The predicted octanol–water partition coefficient (Wildman–Crippen LogP) is 2.60. The van der Waals surface area contributed by atoms with E-state index in [4.69, 9.17) is 9.47 Å². The number of carbonyl (C=O) groups is 2. The Hall–Kier alpha value is -3.09. The lowest BCUT2D eigenvalue weighted by Crippen LogP contribution is -2.30. The van der Waals surface area contributed by atoms with Crippen molar-refractivity contribution in [2.24, 2.45) is 0 Å². The lowest BCUT2D eigenvalue weighted by atomic mass is 10.1. The fraction of sp³-hybridized carbons (Fsp3) is 0.222. The fourth-order valence-electron chi connectivity index (χ4n) is 2.12. The lowest BCUT2D eigenvalue weighted by molar-refractivity contribution is -0.122. The van der Waals surface area contributed by atoms with Gasteiger partial charge >= 0.3 is 0 Å². The van der Waals surface area contributed by atoms with E-state index in [1.165, 1.54) is 45.3 Å². The van der Waals surface area contributed by atoms with Crippen LogP contribution in [0.25, 0.3) is 0 Å². The molecule has 0 fully saturated rings. The molecule has 0 saturated carbocycles. The Morgan fingerprint density at radius 2 is 1.92 bits per heavy atom. The zero-order valence-electron chi connectivity index (χ0n) is 14.1. The minimum atomic E-state index is -0.879. The largest absolute Gasteiger partial charge is 0.495 e. The summed E-state index contributed by atoms with van der Waals surface area (Å²) in [7, 11) is 2.97. The first kappa shape index (κ1) is 18.3. The van der Waals surface area contributed by atoms with E-state index >= 15 is 0 Å². The second-order valence-corrected chi connectivity index (χ2v) is 5.20. The Kier molecular flexibility index (Phi) is 5.94. The van der Waals surface area contributed by atoms with Crippen LogP contribution in [0.2, 0.25) is 0 Å². The van der Waals surface area contributed by atoms with Crippen molar-refractivity contribution >= 4 is 17.5 Å². The maximum Gasteiger partial charge on any atom is 0.265 e. The number of benzene rings is 2. The lowest BCUT2D eigenvalue weighted by Gasteiger charge is -2.16. The van der Waals surface area contributed by atoms with Crippen molar-refractivity contribution in [3.8, 4) is 11.5 Å². The molecule has 2 aromatic rings. The van der Waals surface area contributed by atoms with E-state index in [9.17, 15) is 14.0 Å². The van der Waals surface area contributed by atoms with Gasteiger partial charge in [0, 0.05) is 18.7 Å². The van der Waals surface area contributed by atoms with Crippen molar-refractivity contribution in [2.75, 3.05) is 19.5 Å². The molecule has 0 aliphatic carbocycles. The van der Waals surface area contributed by atoms with E-state index in [1.54, 1.807) is 18.2 Å². The van der Waals surface area contributed by atoms with Crippen LogP contribution >= 0.6 is 0 Å². The molecule has 0 bridgehead atoms. The molecule has 0 aromatic heterocycles. The highest BCUT2D eigenvalue weighted by atomic mass is 19.1. The summed E-state index contributed by atoms with van der Waals surface area (Å²) in [6, 6.07) is 10.2. The number of rotatable bonds is 6. The quantitative estimate of drug-likeness (QED) is 0.843. The van der Waals surface area contributed by atoms with Gasteiger partial charge in [0.1, 0.15) is 17.3 Å². The number of halogens is 1. The summed E-state index contributed by atoms with van der Waals surface area (Å²) in [5.74, 6) is -0.559. The van der Waals surface area contributed by atoms with Crippen LogP contribution in [0.4, 0.5) is 10.1 Å². The molecule has 0 aliphatic heterocycles. The van der Waals surface area contributed by atoms with Gasteiger partial charge in [-0.15, -0.1) is 0 Å². The number of nitrogens with one attached hydrogen (secondary N) is 2. The van der Waals surface area contributed by atoms with Gasteiger partial charge in [0.15, 0.2) is 6.10 Å². The second kappa shape index (κ2) is 8.14. The molecule has 0 spiro atoms. The highest BCUT2D eigenvalue weighted by molar-refractivity contribution is 5.99. The zero-order valence-corrected chi connectivity index (χ0v) is 14.1. The first-order chi connectivity index (χ1) is 11.9. The van der Waals surface area contributed by atoms with Gasteiger partial charge < -0.3 is 20.1 Å². The summed E-state index contributed by atoms with van der Waals surface area (Å²) in [5, 5.41) is 5.16. The normalized spacial score (nSPS) is 11.4. The highest BCUT2D eigenvalue weighted by Crippen LogP contribution is 2.26. The smallest absolute Gasteiger partial charge is 0.265 e. The molecule has 0 heterocycles. The van der Waals surface area contributed by atoms with E-state index in [0.717, 1.165) is 0 Å². The number of ether oxygens (including phenoxy) is 2. The highest BCUT2D eigenvalue weighted by Gasteiger charge is 2.18. The molecule has 0 saturated heterocycles. The van der Waals surface area contributed by atoms with Crippen molar-refractivity contribution in [3.05, 3.63) is 53.8 Å². The summed E-state index contributed by atoms with van der Waals surface area (Å²) in [4.78, 5) is 24.1.